The quantitative estimate of drug-likeness (QED) is 0.626. The van der Waals surface area contributed by atoms with Crippen molar-refractivity contribution in [3.05, 3.63) is 58.1 Å². The molecule has 3 fully saturated rings. The minimum absolute atomic E-state index is 0.0499. The van der Waals surface area contributed by atoms with Crippen molar-refractivity contribution in [1.82, 2.24) is 5.32 Å². The number of hydrogen-bond acceptors (Lipinski definition) is 5. The molecule has 0 radical (unpaired) electrons. The third-order valence-electron chi connectivity index (χ3n) is 6.92. The topological polar surface area (TPSA) is 81.7 Å². The van der Waals surface area contributed by atoms with E-state index in [2.05, 4.69) is 5.32 Å². The molecular weight excluding hydrogens is 468 g/mol. The van der Waals surface area contributed by atoms with Crippen LogP contribution in [0.4, 0.5) is 8.78 Å². The predicted octanol–water partition coefficient (Wildman–Crippen LogP) is 4.34. The Morgan fingerprint density at radius 3 is 2.59 bits per heavy atom. The van der Waals surface area contributed by atoms with E-state index in [0.717, 1.165) is 17.7 Å². The summed E-state index contributed by atoms with van der Waals surface area (Å²) in [7, 11) is 0. The molecule has 4 aliphatic rings. The average Bonchev–Trinajstić information content (AvgIpc) is 2.73. The van der Waals surface area contributed by atoms with Crippen molar-refractivity contribution in [2.75, 3.05) is 6.61 Å². The molecule has 178 valence electrons. The van der Waals surface area contributed by atoms with Crippen LogP contribution in [-0.4, -0.2) is 35.7 Å². The average molecular weight is 490 g/mol. The molecule has 1 atom stereocenters. The van der Waals surface area contributed by atoms with E-state index in [-0.39, 0.29) is 53.4 Å². The van der Waals surface area contributed by atoms with E-state index in [1.54, 1.807) is 18.2 Å². The Kier molecular flexibility index (Phi) is 5.39. The molecule has 2 bridgehead atoms. The molecule has 1 N–H and O–H groups in total. The number of ether oxygens (including phenoxy) is 2. The molecule has 0 unspecified atom stereocenters. The lowest BCUT2D eigenvalue weighted by Crippen LogP contribution is -2.75. The molecule has 0 saturated heterocycles. The second-order valence-electron chi connectivity index (χ2n) is 9.70. The molecule has 3 saturated carbocycles. The van der Waals surface area contributed by atoms with Gasteiger partial charge in [-0.05, 0) is 61.4 Å². The first kappa shape index (κ1) is 22.8. The first-order valence-electron chi connectivity index (χ1n) is 11.0. The number of nitrogens with one attached hydrogen (secondary N) is 1. The van der Waals surface area contributed by atoms with Gasteiger partial charge < -0.3 is 14.8 Å². The van der Waals surface area contributed by atoms with Gasteiger partial charge in [0.15, 0.2) is 35.9 Å². The Hall–Kier alpha value is -3.00. The summed E-state index contributed by atoms with van der Waals surface area (Å²) in [5.74, 6) is -2.74. The standard InChI is InChI=1S/C25H22ClF2NO5/c1-13-4-14(2-3-16(13)26)33-9-23(32)29-25-10-24(11-25,12-25)8-20(31)22-7-19(30)15-5-17(27)18(28)6-21(15)34-22/h2-6,22H,7-12H2,1H3,(H,29,32)/t22-,24?,25?/m0/s1. The van der Waals surface area contributed by atoms with Crippen molar-refractivity contribution in [3.8, 4) is 11.5 Å². The molecule has 34 heavy (non-hydrogen) atoms. The number of carbonyl (C=O) groups excluding carboxylic acids is 3. The number of rotatable bonds is 7. The monoisotopic (exact) mass is 489 g/mol. The van der Waals surface area contributed by atoms with Crippen molar-refractivity contribution >= 4 is 29.1 Å². The molecule has 2 aromatic carbocycles. The summed E-state index contributed by atoms with van der Waals surface area (Å²) in [4.78, 5) is 37.5. The molecule has 2 aromatic rings. The van der Waals surface area contributed by atoms with Crippen LogP contribution in [0.5, 0.6) is 11.5 Å². The first-order chi connectivity index (χ1) is 16.1. The molecule has 1 aliphatic heterocycles. The Balaban J connectivity index is 1.11. The van der Waals surface area contributed by atoms with E-state index in [9.17, 15) is 23.2 Å². The van der Waals surface area contributed by atoms with Gasteiger partial charge in [0.2, 0.25) is 0 Å². The number of hydrogen-bond donors (Lipinski definition) is 1. The summed E-state index contributed by atoms with van der Waals surface area (Å²) in [6.45, 7) is 1.73. The third kappa shape index (κ3) is 4.04. The summed E-state index contributed by atoms with van der Waals surface area (Å²) < 4.78 is 38.0. The van der Waals surface area contributed by atoms with E-state index in [0.29, 0.717) is 30.0 Å². The highest BCUT2D eigenvalue weighted by Gasteiger charge is 2.68. The largest absolute Gasteiger partial charge is 0.484 e. The lowest BCUT2D eigenvalue weighted by Gasteiger charge is -2.70. The van der Waals surface area contributed by atoms with Crippen molar-refractivity contribution in [1.29, 1.82) is 0 Å². The van der Waals surface area contributed by atoms with Crippen LogP contribution in [0.2, 0.25) is 5.02 Å². The van der Waals surface area contributed by atoms with Gasteiger partial charge in [0, 0.05) is 23.0 Å². The van der Waals surface area contributed by atoms with Crippen LogP contribution < -0.4 is 14.8 Å². The molecule has 9 heteroatoms. The highest BCUT2D eigenvalue weighted by Crippen LogP contribution is 2.69. The number of fused-ring (bicyclic) bond motifs is 1. The molecule has 0 spiro atoms. The zero-order chi connectivity index (χ0) is 24.3. The fraction of sp³-hybridized carbons (Fsp3) is 0.400. The van der Waals surface area contributed by atoms with Crippen LogP contribution in [0.25, 0.3) is 0 Å². The molecule has 3 aliphatic carbocycles. The van der Waals surface area contributed by atoms with Gasteiger partial charge in [-0.3, -0.25) is 14.4 Å². The van der Waals surface area contributed by atoms with Crippen molar-refractivity contribution in [3.63, 3.8) is 0 Å². The number of carbonyl (C=O) groups is 3. The normalized spacial score (nSPS) is 26.5. The number of benzene rings is 2. The van der Waals surface area contributed by atoms with Crippen molar-refractivity contribution in [2.24, 2.45) is 5.41 Å². The zero-order valence-corrected chi connectivity index (χ0v) is 19.1. The Bertz CT molecular complexity index is 1210. The molecule has 0 aromatic heterocycles. The van der Waals surface area contributed by atoms with Gasteiger partial charge in [0.1, 0.15) is 11.5 Å². The van der Waals surface area contributed by atoms with Crippen molar-refractivity contribution in [2.45, 2.75) is 50.7 Å². The summed E-state index contributed by atoms with van der Waals surface area (Å²) in [6.07, 6.45) is 0.983. The fourth-order valence-corrected chi connectivity index (χ4v) is 5.60. The smallest absolute Gasteiger partial charge is 0.258 e. The van der Waals surface area contributed by atoms with Crippen LogP contribution in [0, 0.1) is 24.0 Å². The maximum absolute atomic E-state index is 13.5. The van der Waals surface area contributed by atoms with E-state index >= 15 is 0 Å². The number of halogens is 3. The van der Waals surface area contributed by atoms with Gasteiger partial charge in [-0.15, -0.1) is 0 Å². The summed E-state index contributed by atoms with van der Waals surface area (Å²) in [5, 5.41) is 3.62. The SMILES string of the molecule is Cc1cc(OCC(=O)NC23CC(CC(=O)[C@@H]4CC(=O)c5cc(F)c(F)cc5O4)(C2)C3)ccc1Cl. The van der Waals surface area contributed by atoms with E-state index < -0.39 is 23.5 Å². The maximum atomic E-state index is 13.5. The maximum Gasteiger partial charge on any atom is 0.258 e. The summed E-state index contributed by atoms with van der Waals surface area (Å²) in [5.41, 5.74) is 0.257. The van der Waals surface area contributed by atoms with E-state index in [4.69, 9.17) is 21.1 Å². The lowest BCUT2D eigenvalue weighted by molar-refractivity contribution is -0.175. The highest BCUT2D eigenvalue weighted by atomic mass is 35.5. The Labute approximate surface area is 199 Å². The van der Waals surface area contributed by atoms with Crippen LogP contribution in [0.3, 0.4) is 0 Å². The van der Waals surface area contributed by atoms with Crippen molar-refractivity contribution < 1.29 is 32.6 Å². The van der Waals surface area contributed by atoms with Gasteiger partial charge in [-0.1, -0.05) is 11.6 Å². The van der Waals surface area contributed by atoms with Crippen LogP contribution in [0.1, 0.15) is 48.0 Å². The molecule has 1 heterocycles. The molecule has 6 rings (SSSR count). The number of Topliss-reactive ketones (excluding diaryl/α,β-unsaturated/α-hetero) is 2. The minimum Gasteiger partial charge on any atom is -0.484 e. The van der Waals surface area contributed by atoms with E-state index in [1.165, 1.54) is 0 Å². The van der Waals surface area contributed by atoms with Gasteiger partial charge in [0.05, 0.1) is 12.0 Å². The summed E-state index contributed by atoms with van der Waals surface area (Å²) >= 11 is 5.99. The molecule has 6 nitrogen and oxygen atoms in total. The Morgan fingerprint density at radius 1 is 1.18 bits per heavy atom. The number of ketones is 2. The fourth-order valence-electron chi connectivity index (χ4n) is 5.49. The van der Waals surface area contributed by atoms with Crippen LogP contribution in [-0.2, 0) is 9.59 Å². The van der Waals surface area contributed by atoms with E-state index in [1.807, 2.05) is 6.92 Å². The van der Waals surface area contributed by atoms with Crippen LogP contribution >= 0.6 is 11.6 Å². The van der Waals surface area contributed by atoms with Gasteiger partial charge in [-0.2, -0.15) is 0 Å². The van der Waals surface area contributed by atoms with Gasteiger partial charge in [0.25, 0.3) is 5.91 Å². The molecular formula is C25H22ClF2NO5. The van der Waals surface area contributed by atoms with Gasteiger partial charge in [-0.25, -0.2) is 8.78 Å². The zero-order valence-electron chi connectivity index (χ0n) is 18.4. The number of amides is 1. The van der Waals surface area contributed by atoms with Crippen LogP contribution in [0.15, 0.2) is 30.3 Å². The predicted molar refractivity (Wildman–Crippen MR) is 118 cm³/mol. The minimum atomic E-state index is -1.13. The highest BCUT2D eigenvalue weighted by molar-refractivity contribution is 6.31. The second kappa shape index (κ2) is 8.05. The first-order valence-corrected chi connectivity index (χ1v) is 11.4. The second-order valence-corrected chi connectivity index (χ2v) is 10.1. The lowest BCUT2D eigenvalue weighted by atomic mass is 9.38. The summed E-state index contributed by atoms with van der Waals surface area (Å²) in [6, 6.07) is 6.78. The van der Waals surface area contributed by atoms with Gasteiger partial charge >= 0.3 is 0 Å². The third-order valence-corrected chi connectivity index (χ3v) is 7.34. The molecule has 1 amide bonds. The Morgan fingerprint density at radius 2 is 1.88 bits per heavy atom. The number of aryl methyl sites for hydroxylation is 1.